The molecule has 1 aromatic rings. The van der Waals surface area contributed by atoms with Gasteiger partial charge in [-0.2, -0.15) is 0 Å². The van der Waals surface area contributed by atoms with Gasteiger partial charge in [-0.3, -0.25) is 19.7 Å². The lowest BCUT2D eigenvalue weighted by Gasteiger charge is -2.30. The third kappa shape index (κ3) is 4.15. The Kier molecular flexibility index (Phi) is 5.46. The summed E-state index contributed by atoms with van der Waals surface area (Å²) in [5, 5.41) is 13.6. The van der Waals surface area contributed by atoms with E-state index in [1.165, 1.54) is 18.2 Å². The molecule has 0 aliphatic carbocycles. The average Bonchev–Trinajstić information content (AvgIpc) is 2.59. The molecule has 0 unspecified atom stereocenters. The Bertz CT molecular complexity index is 634. The molecule has 1 N–H and O–H groups in total. The zero-order valence-electron chi connectivity index (χ0n) is 12.9. The predicted molar refractivity (Wildman–Crippen MR) is 85.5 cm³/mol. The molecule has 2 amide bonds. The molecular weight excluding hydrogens is 298 g/mol. The Morgan fingerprint density at radius 2 is 1.96 bits per heavy atom. The average molecular weight is 317 g/mol. The Morgan fingerprint density at radius 1 is 1.30 bits per heavy atom. The monoisotopic (exact) mass is 317 g/mol. The molecule has 7 nitrogen and oxygen atoms in total. The van der Waals surface area contributed by atoms with Crippen molar-refractivity contribution in [2.24, 2.45) is 5.92 Å². The smallest absolute Gasteiger partial charge is 0.276 e. The largest absolute Gasteiger partial charge is 0.359 e. The molecule has 0 spiro atoms. The summed E-state index contributed by atoms with van der Waals surface area (Å²) >= 11 is 0. The number of carbonyl (C=O) groups is 2. The van der Waals surface area contributed by atoms with Crippen LogP contribution in [-0.4, -0.2) is 41.8 Å². The van der Waals surface area contributed by atoms with Crippen LogP contribution in [0.1, 0.15) is 18.4 Å². The summed E-state index contributed by atoms with van der Waals surface area (Å²) in [6, 6.07) is 6.27. The second-order valence-electron chi connectivity index (χ2n) is 5.36. The quantitative estimate of drug-likeness (QED) is 0.518. The highest BCUT2D eigenvalue weighted by Gasteiger charge is 2.25. The highest BCUT2D eigenvalue weighted by atomic mass is 16.6. The Balaban J connectivity index is 1.98. The first-order valence-corrected chi connectivity index (χ1v) is 7.45. The number of rotatable bonds is 4. The molecule has 1 heterocycles. The number of carbonyl (C=O) groups excluding carboxylic acids is 2. The minimum Gasteiger partial charge on any atom is -0.359 e. The minimum atomic E-state index is -0.473. The molecule has 122 valence electrons. The zero-order valence-corrected chi connectivity index (χ0v) is 12.9. The van der Waals surface area contributed by atoms with E-state index in [9.17, 15) is 19.7 Å². The van der Waals surface area contributed by atoms with E-state index in [0.29, 0.717) is 31.5 Å². The fourth-order valence-electron chi connectivity index (χ4n) is 2.63. The normalized spacial score (nSPS) is 15.6. The number of piperidine rings is 1. The molecule has 1 fully saturated rings. The fourth-order valence-corrected chi connectivity index (χ4v) is 2.63. The molecular formula is C16H19N3O4. The minimum absolute atomic E-state index is 0.00699. The van der Waals surface area contributed by atoms with Crippen molar-refractivity contribution in [2.45, 2.75) is 12.8 Å². The summed E-state index contributed by atoms with van der Waals surface area (Å²) in [7, 11) is 1.61. The van der Waals surface area contributed by atoms with E-state index >= 15 is 0 Å². The van der Waals surface area contributed by atoms with Crippen LogP contribution in [0.25, 0.3) is 6.08 Å². The molecule has 1 saturated heterocycles. The summed E-state index contributed by atoms with van der Waals surface area (Å²) < 4.78 is 0. The summed E-state index contributed by atoms with van der Waals surface area (Å²) in [5.74, 6) is -0.241. The number of likely N-dealkylation sites (tertiary alicyclic amines) is 1. The maximum absolute atomic E-state index is 12.2. The molecule has 1 aliphatic rings. The number of amides is 2. The third-order valence-corrected chi connectivity index (χ3v) is 3.96. The van der Waals surface area contributed by atoms with E-state index in [2.05, 4.69) is 5.32 Å². The van der Waals surface area contributed by atoms with Crippen molar-refractivity contribution in [3.63, 3.8) is 0 Å². The van der Waals surface area contributed by atoms with Crippen LogP contribution >= 0.6 is 0 Å². The van der Waals surface area contributed by atoms with E-state index in [-0.39, 0.29) is 23.4 Å². The van der Waals surface area contributed by atoms with Crippen LogP contribution < -0.4 is 5.32 Å². The van der Waals surface area contributed by atoms with Crippen molar-refractivity contribution in [3.8, 4) is 0 Å². The Hall–Kier alpha value is -2.70. The summed E-state index contributed by atoms with van der Waals surface area (Å²) in [6.45, 7) is 1.02. The third-order valence-electron chi connectivity index (χ3n) is 3.96. The summed E-state index contributed by atoms with van der Waals surface area (Å²) in [5.41, 5.74) is 0.362. The maximum Gasteiger partial charge on any atom is 0.276 e. The lowest BCUT2D eigenvalue weighted by atomic mass is 9.96. The molecule has 7 heteroatoms. The molecule has 23 heavy (non-hydrogen) atoms. The van der Waals surface area contributed by atoms with Crippen LogP contribution in [0.4, 0.5) is 5.69 Å². The van der Waals surface area contributed by atoms with Gasteiger partial charge in [0, 0.05) is 38.2 Å². The van der Waals surface area contributed by atoms with Gasteiger partial charge in [0.05, 0.1) is 10.5 Å². The maximum atomic E-state index is 12.2. The molecule has 2 rings (SSSR count). The number of benzene rings is 1. The van der Waals surface area contributed by atoms with Crippen LogP contribution in [0, 0.1) is 16.0 Å². The van der Waals surface area contributed by atoms with Gasteiger partial charge in [-0.05, 0) is 25.0 Å². The number of para-hydroxylation sites is 1. The molecule has 0 bridgehead atoms. The van der Waals surface area contributed by atoms with Crippen LogP contribution in [0.15, 0.2) is 30.3 Å². The summed E-state index contributed by atoms with van der Waals surface area (Å²) in [4.78, 5) is 35.8. The number of nitrogens with one attached hydrogen (secondary N) is 1. The van der Waals surface area contributed by atoms with Gasteiger partial charge in [0.15, 0.2) is 0 Å². The van der Waals surface area contributed by atoms with Crippen LogP contribution in [0.3, 0.4) is 0 Å². The highest BCUT2D eigenvalue weighted by molar-refractivity contribution is 5.92. The molecule has 0 radical (unpaired) electrons. The van der Waals surface area contributed by atoms with E-state index in [1.54, 1.807) is 30.1 Å². The van der Waals surface area contributed by atoms with Crippen molar-refractivity contribution >= 4 is 23.6 Å². The topological polar surface area (TPSA) is 92.6 Å². The number of nitro benzene ring substituents is 1. The summed E-state index contributed by atoms with van der Waals surface area (Å²) in [6.07, 6.45) is 4.07. The van der Waals surface area contributed by atoms with Gasteiger partial charge < -0.3 is 10.2 Å². The van der Waals surface area contributed by atoms with Gasteiger partial charge in [-0.15, -0.1) is 0 Å². The number of nitro groups is 1. The standard InChI is InChI=1S/C16H19N3O4/c1-17-16(21)13-8-10-18(11-9-13)15(20)7-6-12-4-2-3-5-14(12)19(22)23/h2-7,13H,8-11H2,1H3,(H,17,21). The number of nitrogens with zero attached hydrogens (tertiary/aromatic N) is 2. The second-order valence-corrected chi connectivity index (χ2v) is 5.36. The first-order valence-electron chi connectivity index (χ1n) is 7.45. The van der Waals surface area contributed by atoms with E-state index in [1.807, 2.05) is 0 Å². The van der Waals surface area contributed by atoms with E-state index in [0.717, 1.165) is 0 Å². The van der Waals surface area contributed by atoms with E-state index < -0.39 is 4.92 Å². The molecule has 1 aromatic carbocycles. The number of hydrogen-bond donors (Lipinski definition) is 1. The van der Waals surface area contributed by atoms with E-state index in [4.69, 9.17) is 0 Å². The van der Waals surface area contributed by atoms with Gasteiger partial charge in [-0.1, -0.05) is 12.1 Å². The zero-order chi connectivity index (χ0) is 16.8. The fraction of sp³-hybridized carbons (Fsp3) is 0.375. The van der Waals surface area contributed by atoms with Gasteiger partial charge in [0.1, 0.15) is 0 Å². The molecule has 0 aromatic heterocycles. The molecule has 0 saturated carbocycles. The lowest BCUT2D eigenvalue weighted by Crippen LogP contribution is -2.41. The van der Waals surface area contributed by atoms with Crippen molar-refractivity contribution < 1.29 is 14.5 Å². The van der Waals surface area contributed by atoms with Crippen molar-refractivity contribution in [1.29, 1.82) is 0 Å². The Morgan fingerprint density at radius 3 is 2.57 bits per heavy atom. The van der Waals surface area contributed by atoms with Crippen molar-refractivity contribution in [2.75, 3.05) is 20.1 Å². The molecule has 0 atom stereocenters. The SMILES string of the molecule is CNC(=O)C1CCN(C(=O)C=Cc2ccccc2[N+](=O)[O-])CC1. The lowest BCUT2D eigenvalue weighted by molar-refractivity contribution is -0.385. The first-order chi connectivity index (χ1) is 11.0. The van der Waals surface area contributed by atoms with Crippen LogP contribution in [-0.2, 0) is 9.59 Å². The Labute approximate surface area is 134 Å². The first kappa shape index (κ1) is 16.7. The van der Waals surface area contributed by atoms with Crippen molar-refractivity contribution in [3.05, 3.63) is 46.0 Å². The van der Waals surface area contributed by atoms with Crippen LogP contribution in [0.5, 0.6) is 0 Å². The highest BCUT2D eigenvalue weighted by Crippen LogP contribution is 2.20. The van der Waals surface area contributed by atoms with Gasteiger partial charge in [0.25, 0.3) is 5.69 Å². The van der Waals surface area contributed by atoms with Gasteiger partial charge in [-0.25, -0.2) is 0 Å². The van der Waals surface area contributed by atoms with Gasteiger partial charge >= 0.3 is 0 Å². The second kappa shape index (κ2) is 7.53. The van der Waals surface area contributed by atoms with Gasteiger partial charge in [0.2, 0.25) is 11.8 Å². The predicted octanol–water partition coefficient (Wildman–Crippen LogP) is 1.59. The van der Waals surface area contributed by atoms with Crippen molar-refractivity contribution in [1.82, 2.24) is 10.2 Å². The molecule has 1 aliphatic heterocycles. The number of hydrogen-bond acceptors (Lipinski definition) is 4. The van der Waals surface area contributed by atoms with Crippen LogP contribution in [0.2, 0.25) is 0 Å².